The molecule has 3 N–H and O–H groups in total. The first-order valence-corrected chi connectivity index (χ1v) is 20.8. The minimum Gasteiger partial charge on any atom is -0.483 e. The van der Waals surface area contributed by atoms with E-state index in [1.54, 1.807) is 27.7 Å². The standard InChI is InChI=1S/C40H53N5O8S/c1-24-14-15-29-28(20-24)27-16-17-39(52-32(27)25(2)41-29)22-31-33(46)43-40(35(48)44-54(50,51)38(6)18-19-38)21-26(40)12-10-8-7-9-11-13-30(34(47)45(31)23-39)42-36(49)53-37(3,4)5/h10,12,14-15,20,26,30-31H,7-9,11,13,16-19,21-23H2,1-6H3,(H,42,49)(H,43,46)(H,44,48)/b12-10-/t26-,30-,31-,39+,40+/m0/s1. The molecule has 1 aromatic heterocycles. The molecule has 292 valence electrons. The maximum Gasteiger partial charge on any atom is 0.408 e. The van der Waals surface area contributed by atoms with Crippen LogP contribution in [0.2, 0.25) is 0 Å². The summed E-state index contributed by atoms with van der Waals surface area (Å²) < 4.78 is 40.1. The number of carbonyl (C=O) groups excluding carboxylic acids is 4. The predicted octanol–water partition coefficient (Wildman–Crippen LogP) is 4.80. The van der Waals surface area contributed by atoms with Crippen LogP contribution in [-0.4, -0.2) is 82.2 Å². The monoisotopic (exact) mass is 763 g/mol. The molecule has 14 heteroatoms. The molecule has 5 aliphatic rings. The minimum atomic E-state index is -3.98. The van der Waals surface area contributed by atoms with Crippen molar-refractivity contribution in [1.29, 1.82) is 0 Å². The number of fused-ring (bicyclic) bond motifs is 5. The number of ether oxygens (including phenoxy) is 2. The highest BCUT2D eigenvalue weighted by atomic mass is 32.2. The molecule has 2 aromatic rings. The topological polar surface area (TPSA) is 173 Å². The summed E-state index contributed by atoms with van der Waals surface area (Å²) in [6.07, 6.45) is 8.79. The number of sulfonamides is 1. The molecule has 0 unspecified atom stereocenters. The Balaban J connectivity index is 1.24. The quantitative estimate of drug-likeness (QED) is 0.370. The Morgan fingerprint density at radius 1 is 1.07 bits per heavy atom. The molecule has 4 amide bonds. The number of allylic oxidation sites excluding steroid dienone is 1. The lowest BCUT2D eigenvalue weighted by atomic mass is 9.87. The summed E-state index contributed by atoms with van der Waals surface area (Å²) in [4.78, 5) is 62.7. The highest BCUT2D eigenvalue weighted by molar-refractivity contribution is 7.91. The Morgan fingerprint density at radius 2 is 1.83 bits per heavy atom. The van der Waals surface area contributed by atoms with Crippen molar-refractivity contribution >= 4 is 44.7 Å². The smallest absolute Gasteiger partial charge is 0.408 e. The Kier molecular flexibility index (Phi) is 9.54. The molecule has 3 aliphatic heterocycles. The van der Waals surface area contributed by atoms with Crippen LogP contribution in [0.5, 0.6) is 5.75 Å². The molecular weight excluding hydrogens is 711 g/mol. The van der Waals surface area contributed by atoms with Crippen LogP contribution in [0, 0.1) is 19.8 Å². The van der Waals surface area contributed by atoms with Crippen LogP contribution in [0.15, 0.2) is 30.4 Å². The fraction of sp³-hybridized carbons (Fsp3) is 0.625. The van der Waals surface area contributed by atoms with E-state index in [1.807, 2.05) is 38.1 Å². The summed E-state index contributed by atoms with van der Waals surface area (Å²) in [5, 5.41) is 6.75. The van der Waals surface area contributed by atoms with Crippen molar-refractivity contribution in [3.8, 4) is 5.75 Å². The molecule has 3 fully saturated rings. The zero-order valence-corrected chi connectivity index (χ0v) is 33.0. The Bertz CT molecular complexity index is 2040. The van der Waals surface area contributed by atoms with Gasteiger partial charge in [0.05, 0.1) is 22.5 Å². The summed E-state index contributed by atoms with van der Waals surface area (Å²) in [7, 11) is -3.98. The molecule has 0 bridgehead atoms. The van der Waals surface area contributed by atoms with Gasteiger partial charge in [-0.15, -0.1) is 0 Å². The van der Waals surface area contributed by atoms with E-state index in [1.165, 1.54) is 4.90 Å². The summed E-state index contributed by atoms with van der Waals surface area (Å²) in [6.45, 7) is 10.8. The highest BCUT2D eigenvalue weighted by Crippen LogP contribution is 2.49. The fourth-order valence-corrected chi connectivity index (χ4v) is 9.57. The summed E-state index contributed by atoms with van der Waals surface area (Å²) in [6, 6.07) is 4.07. The fourth-order valence-electron chi connectivity index (χ4n) is 8.26. The van der Waals surface area contributed by atoms with Crippen molar-refractivity contribution < 1.29 is 37.1 Å². The molecule has 2 saturated carbocycles. The number of pyridine rings is 1. The third-order valence-corrected chi connectivity index (χ3v) is 14.0. The minimum absolute atomic E-state index is 0.0659. The van der Waals surface area contributed by atoms with E-state index in [4.69, 9.17) is 14.5 Å². The number of amides is 4. The lowest BCUT2D eigenvalue weighted by Gasteiger charge is -2.37. The van der Waals surface area contributed by atoms with Crippen molar-refractivity contribution in [2.45, 2.75) is 146 Å². The number of nitrogens with one attached hydrogen (secondary N) is 3. The molecule has 1 saturated heterocycles. The van der Waals surface area contributed by atoms with Crippen LogP contribution in [0.4, 0.5) is 4.79 Å². The van der Waals surface area contributed by atoms with Crippen LogP contribution in [-0.2, 0) is 35.6 Å². The molecule has 4 heterocycles. The number of nitrogens with zero attached hydrogens (tertiary/aromatic N) is 2. The van der Waals surface area contributed by atoms with E-state index in [2.05, 4.69) is 21.4 Å². The van der Waals surface area contributed by atoms with Gasteiger partial charge in [0.25, 0.3) is 5.91 Å². The lowest BCUT2D eigenvalue weighted by Crippen LogP contribution is -2.58. The van der Waals surface area contributed by atoms with Crippen molar-refractivity contribution in [3.63, 3.8) is 0 Å². The molecule has 5 atom stereocenters. The van der Waals surface area contributed by atoms with Gasteiger partial charge in [-0.05, 0) is 105 Å². The third kappa shape index (κ3) is 7.29. The molecule has 2 aliphatic carbocycles. The van der Waals surface area contributed by atoms with E-state index in [-0.39, 0.29) is 19.4 Å². The molecular formula is C40H53N5O8S. The number of benzene rings is 1. The van der Waals surface area contributed by atoms with Gasteiger partial charge < -0.3 is 25.0 Å². The van der Waals surface area contributed by atoms with E-state index >= 15 is 0 Å². The number of hydrogen-bond donors (Lipinski definition) is 3. The maximum absolute atomic E-state index is 14.7. The van der Waals surface area contributed by atoms with E-state index < -0.39 is 73.3 Å². The van der Waals surface area contributed by atoms with E-state index in [0.717, 1.165) is 34.9 Å². The Morgan fingerprint density at radius 3 is 2.56 bits per heavy atom. The average molecular weight is 764 g/mol. The van der Waals surface area contributed by atoms with Crippen molar-refractivity contribution in [1.82, 2.24) is 25.2 Å². The lowest BCUT2D eigenvalue weighted by molar-refractivity contribution is -0.141. The van der Waals surface area contributed by atoms with E-state index in [0.29, 0.717) is 56.4 Å². The largest absolute Gasteiger partial charge is 0.483 e. The van der Waals surface area contributed by atoms with E-state index in [9.17, 15) is 27.6 Å². The Labute approximate surface area is 317 Å². The van der Waals surface area contributed by atoms with Gasteiger partial charge in [0.15, 0.2) is 0 Å². The van der Waals surface area contributed by atoms with Crippen molar-refractivity contribution in [2.75, 3.05) is 6.54 Å². The van der Waals surface area contributed by atoms with Gasteiger partial charge in [-0.1, -0.05) is 36.6 Å². The van der Waals surface area contributed by atoms with Gasteiger partial charge in [0.1, 0.15) is 34.6 Å². The molecule has 54 heavy (non-hydrogen) atoms. The van der Waals surface area contributed by atoms with Gasteiger partial charge in [0, 0.05) is 23.3 Å². The maximum atomic E-state index is 14.7. The van der Waals surface area contributed by atoms with Gasteiger partial charge in [-0.25, -0.2) is 18.2 Å². The number of aromatic nitrogens is 1. The molecule has 0 radical (unpaired) electrons. The van der Waals surface area contributed by atoms with Crippen molar-refractivity contribution in [2.24, 2.45) is 5.92 Å². The molecule has 1 spiro atoms. The second-order valence-electron chi connectivity index (χ2n) is 17.4. The Hall–Kier alpha value is -4.20. The van der Waals surface area contributed by atoms with Crippen LogP contribution in [0.1, 0.15) is 109 Å². The third-order valence-electron chi connectivity index (χ3n) is 11.8. The summed E-state index contributed by atoms with van der Waals surface area (Å²) >= 11 is 0. The first-order chi connectivity index (χ1) is 25.3. The average Bonchev–Trinajstić information content (AvgIpc) is 3.98. The number of carbonyl (C=O) groups is 4. The zero-order chi connectivity index (χ0) is 38.8. The highest BCUT2D eigenvalue weighted by Gasteiger charge is 2.64. The zero-order valence-electron chi connectivity index (χ0n) is 32.2. The second kappa shape index (κ2) is 13.5. The van der Waals surface area contributed by atoms with Crippen LogP contribution < -0.4 is 20.1 Å². The first-order valence-electron chi connectivity index (χ1n) is 19.3. The van der Waals surface area contributed by atoms with Gasteiger partial charge in [0.2, 0.25) is 21.8 Å². The SMILES string of the molecule is Cc1ccc2nc(C)c3c(c2c1)CC[C@]1(C[C@H]2C(=O)N[C@]4(C(=O)NS(=O)(=O)C5(C)CC5)C[C@@H]4/C=C\CCCCC[C@H](NC(=O)OC(C)(C)C)C(=O)N2C1)O3. The number of aryl methyl sites for hydroxylation is 3. The van der Waals surface area contributed by atoms with Gasteiger partial charge in [-0.3, -0.25) is 19.1 Å². The predicted molar refractivity (Wildman–Crippen MR) is 202 cm³/mol. The van der Waals surface area contributed by atoms with Crippen LogP contribution >= 0.6 is 0 Å². The second-order valence-corrected chi connectivity index (χ2v) is 19.6. The molecule has 13 nitrogen and oxygen atoms in total. The molecule has 7 rings (SSSR count). The van der Waals surface area contributed by atoms with Crippen molar-refractivity contribution in [3.05, 3.63) is 47.2 Å². The normalized spacial score (nSPS) is 30.0. The summed E-state index contributed by atoms with van der Waals surface area (Å²) in [5.74, 6) is -1.58. The number of alkyl carbamates (subject to hydrolysis) is 1. The number of hydrogen-bond acceptors (Lipinski definition) is 9. The van der Waals surface area contributed by atoms with Gasteiger partial charge in [-0.2, -0.15) is 0 Å². The summed E-state index contributed by atoms with van der Waals surface area (Å²) in [5.41, 5.74) is 0.455. The number of rotatable bonds is 4. The van der Waals surface area contributed by atoms with Crippen LogP contribution in [0.25, 0.3) is 10.9 Å². The van der Waals surface area contributed by atoms with Gasteiger partial charge >= 0.3 is 6.09 Å². The van der Waals surface area contributed by atoms with Crippen LogP contribution in [0.3, 0.4) is 0 Å². The first kappa shape index (κ1) is 38.1. The molecule has 1 aromatic carbocycles.